The average molecular weight is 544 g/mol. The van der Waals surface area contributed by atoms with Crippen molar-refractivity contribution in [1.29, 1.82) is 0 Å². The number of Topliss-reactive ketones (excluding diaryl/α,β-unsaturated/α-hetero) is 1. The van der Waals surface area contributed by atoms with E-state index in [1.807, 2.05) is 46.8 Å². The number of hydrogen-bond acceptors (Lipinski definition) is 6. The summed E-state index contributed by atoms with van der Waals surface area (Å²) in [4.78, 5) is 29.6. The van der Waals surface area contributed by atoms with Crippen LogP contribution in [0.3, 0.4) is 0 Å². The highest BCUT2D eigenvalue weighted by atomic mass is 16.6. The van der Waals surface area contributed by atoms with Crippen molar-refractivity contribution >= 4 is 11.9 Å². The molecule has 3 aliphatic rings. The van der Waals surface area contributed by atoms with Crippen molar-refractivity contribution in [1.82, 2.24) is 4.90 Å². The second-order valence-electron chi connectivity index (χ2n) is 13.2. The van der Waals surface area contributed by atoms with Gasteiger partial charge in [0, 0.05) is 25.4 Å². The van der Waals surface area contributed by atoms with E-state index in [9.17, 15) is 24.9 Å². The molecule has 0 aromatic rings. The van der Waals surface area contributed by atoms with Crippen LogP contribution in [0.5, 0.6) is 0 Å². The van der Waals surface area contributed by atoms with E-state index in [0.29, 0.717) is 30.7 Å². The maximum Gasteiger partial charge on any atom is 0.410 e. The molecule has 0 spiro atoms. The van der Waals surface area contributed by atoms with Gasteiger partial charge in [-0.25, -0.2) is 4.79 Å². The zero-order valence-corrected chi connectivity index (χ0v) is 25.1. The van der Waals surface area contributed by atoms with Gasteiger partial charge in [-0.3, -0.25) is 4.79 Å². The van der Waals surface area contributed by atoms with E-state index in [4.69, 9.17) is 4.74 Å². The molecule has 7 heteroatoms. The van der Waals surface area contributed by atoms with Crippen molar-refractivity contribution < 1.29 is 29.6 Å². The van der Waals surface area contributed by atoms with E-state index < -0.39 is 47.3 Å². The number of likely N-dealkylation sites (tertiary alicyclic amines) is 1. The first-order chi connectivity index (χ1) is 18.0. The molecule has 39 heavy (non-hydrogen) atoms. The van der Waals surface area contributed by atoms with Crippen LogP contribution in [-0.2, 0) is 9.53 Å². The molecule has 1 saturated heterocycles. The highest BCUT2D eigenvalue weighted by Gasteiger charge is 2.58. The standard InChI is InChI=1S/C32H49NO6/c1-10-23-16-33(12-11-21(23)6)29(37)39-28-22(7)14-31(20(4)5)18-32(28,38)15-26(35)24(17-34)13-25(27(31)36)30(8,9)19(2)3/h10,13-14,19-20,25-26,28,34-35,38H,6,11-12,15-18H2,1-5,7-9H3/b23-10-,24-13-. The van der Waals surface area contributed by atoms with Crippen LogP contribution in [-0.4, -0.2) is 69.6 Å². The molecule has 5 unspecified atom stereocenters. The Bertz CT molecular complexity index is 1080. The minimum atomic E-state index is -1.72. The molecule has 1 amide bonds. The lowest BCUT2D eigenvalue weighted by atomic mass is 9.55. The Labute approximate surface area is 234 Å². The largest absolute Gasteiger partial charge is 0.438 e. The zero-order valence-electron chi connectivity index (χ0n) is 25.1. The van der Waals surface area contributed by atoms with Crippen LogP contribution in [0.1, 0.15) is 74.7 Å². The Morgan fingerprint density at radius 2 is 1.95 bits per heavy atom. The van der Waals surface area contributed by atoms with Gasteiger partial charge in [-0.15, -0.1) is 0 Å². The quantitative estimate of drug-likeness (QED) is 0.423. The molecular formula is C32H49NO6. The van der Waals surface area contributed by atoms with Crippen molar-refractivity contribution in [2.75, 3.05) is 19.7 Å². The average Bonchev–Trinajstić information content (AvgIpc) is 2.88. The van der Waals surface area contributed by atoms with Crippen LogP contribution < -0.4 is 0 Å². The van der Waals surface area contributed by atoms with Gasteiger partial charge in [0.2, 0.25) is 0 Å². The number of amides is 1. The molecule has 7 nitrogen and oxygen atoms in total. The van der Waals surface area contributed by atoms with E-state index in [-0.39, 0.29) is 30.5 Å². The minimum absolute atomic E-state index is 0.0109. The molecule has 2 bridgehead atoms. The summed E-state index contributed by atoms with van der Waals surface area (Å²) in [5.41, 5.74) is -0.371. The highest BCUT2D eigenvalue weighted by molar-refractivity contribution is 5.92. The Kier molecular flexibility index (Phi) is 9.10. The van der Waals surface area contributed by atoms with Crippen LogP contribution >= 0.6 is 0 Å². The molecule has 1 aliphatic heterocycles. The van der Waals surface area contributed by atoms with Gasteiger partial charge in [0.15, 0.2) is 11.9 Å². The third-order valence-corrected chi connectivity index (χ3v) is 9.91. The van der Waals surface area contributed by atoms with Crippen LogP contribution in [0.4, 0.5) is 4.79 Å². The number of carbonyl (C=O) groups is 2. The Balaban J connectivity index is 2.12. The summed E-state index contributed by atoms with van der Waals surface area (Å²) in [5.74, 6) is -0.678. The maximum atomic E-state index is 14.6. The van der Waals surface area contributed by atoms with Crippen LogP contribution in [0.15, 0.2) is 47.1 Å². The van der Waals surface area contributed by atoms with Crippen LogP contribution in [0.25, 0.3) is 0 Å². The number of carbonyl (C=O) groups excluding carboxylic acids is 2. The number of piperidine rings is 1. The smallest absolute Gasteiger partial charge is 0.410 e. The SMILES string of the molecule is C=C1CCN(C(=O)OC2C(C)=CC3(C(C)C)CC2(O)CC(O)/C(CO)=C\C(C(C)(C)C(C)C)C3=O)C/C1=C/C. The number of rotatable bonds is 5. The molecule has 5 atom stereocenters. The van der Waals surface area contributed by atoms with E-state index in [0.717, 1.165) is 11.1 Å². The summed E-state index contributed by atoms with van der Waals surface area (Å²) in [5, 5.41) is 33.8. The molecule has 0 radical (unpaired) electrons. The normalized spacial score (nSPS) is 34.8. The fourth-order valence-corrected chi connectivity index (χ4v) is 6.43. The topological polar surface area (TPSA) is 107 Å². The lowest BCUT2D eigenvalue weighted by Crippen LogP contribution is -2.58. The maximum absolute atomic E-state index is 14.6. The number of allylic oxidation sites excluding steroid dienone is 3. The lowest BCUT2D eigenvalue weighted by Gasteiger charge is -2.50. The number of ether oxygens (including phenoxy) is 1. The second-order valence-corrected chi connectivity index (χ2v) is 13.2. The lowest BCUT2D eigenvalue weighted by molar-refractivity contribution is -0.150. The molecule has 3 N–H and O–H groups in total. The molecule has 0 saturated carbocycles. The predicted octanol–water partition coefficient (Wildman–Crippen LogP) is 4.97. The Hall–Kier alpha value is -2.22. The summed E-state index contributed by atoms with van der Waals surface area (Å²) >= 11 is 0. The predicted molar refractivity (Wildman–Crippen MR) is 153 cm³/mol. The molecule has 1 fully saturated rings. The highest BCUT2D eigenvalue weighted by Crippen LogP contribution is 2.53. The van der Waals surface area contributed by atoms with E-state index in [1.54, 1.807) is 17.9 Å². The summed E-state index contributed by atoms with van der Waals surface area (Å²) in [6.45, 7) is 20.3. The van der Waals surface area contributed by atoms with Crippen LogP contribution in [0, 0.1) is 28.6 Å². The molecule has 3 rings (SSSR count). The zero-order chi connectivity index (χ0) is 29.5. The van der Waals surface area contributed by atoms with E-state index >= 15 is 0 Å². The Morgan fingerprint density at radius 3 is 2.49 bits per heavy atom. The minimum Gasteiger partial charge on any atom is -0.438 e. The van der Waals surface area contributed by atoms with Gasteiger partial charge in [0.05, 0.1) is 18.1 Å². The number of aliphatic hydroxyl groups is 3. The van der Waals surface area contributed by atoms with Crippen molar-refractivity contribution in [3.05, 3.63) is 47.1 Å². The molecule has 2 aliphatic carbocycles. The van der Waals surface area contributed by atoms with Gasteiger partial charge < -0.3 is 25.0 Å². The fourth-order valence-electron chi connectivity index (χ4n) is 6.43. The first-order valence-corrected chi connectivity index (χ1v) is 14.3. The summed E-state index contributed by atoms with van der Waals surface area (Å²) in [6, 6.07) is 0. The van der Waals surface area contributed by atoms with E-state index in [2.05, 4.69) is 20.4 Å². The fraction of sp³-hybridized carbons (Fsp3) is 0.688. The van der Waals surface area contributed by atoms with Crippen molar-refractivity contribution in [3.8, 4) is 0 Å². The number of ketones is 1. The first-order valence-electron chi connectivity index (χ1n) is 14.3. The van der Waals surface area contributed by atoms with Gasteiger partial charge in [0.1, 0.15) is 5.60 Å². The number of hydrogen-bond donors (Lipinski definition) is 3. The first kappa shape index (κ1) is 31.3. The molecule has 0 aromatic carbocycles. The summed E-state index contributed by atoms with van der Waals surface area (Å²) in [6.07, 6.45) is 3.24. The second kappa shape index (κ2) is 11.3. The summed E-state index contributed by atoms with van der Waals surface area (Å²) < 4.78 is 6.01. The van der Waals surface area contributed by atoms with Crippen molar-refractivity contribution in [2.24, 2.45) is 28.6 Å². The number of aliphatic hydroxyl groups excluding tert-OH is 2. The van der Waals surface area contributed by atoms with Crippen molar-refractivity contribution in [2.45, 2.75) is 92.5 Å². The van der Waals surface area contributed by atoms with Gasteiger partial charge in [-0.1, -0.05) is 66.3 Å². The monoisotopic (exact) mass is 543 g/mol. The molecule has 218 valence electrons. The van der Waals surface area contributed by atoms with E-state index in [1.165, 1.54) is 0 Å². The molecular weight excluding hydrogens is 494 g/mol. The number of fused-ring (bicyclic) bond motifs is 2. The van der Waals surface area contributed by atoms with Crippen LogP contribution in [0.2, 0.25) is 0 Å². The van der Waals surface area contributed by atoms with Gasteiger partial charge in [-0.2, -0.15) is 0 Å². The molecule has 0 aromatic heterocycles. The third kappa shape index (κ3) is 5.68. The molecule has 1 heterocycles. The number of nitrogens with zero attached hydrogens (tertiary/aromatic N) is 1. The summed E-state index contributed by atoms with van der Waals surface area (Å²) in [7, 11) is 0. The van der Waals surface area contributed by atoms with Gasteiger partial charge in [0.25, 0.3) is 0 Å². The third-order valence-electron chi connectivity index (χ3n) is 9.91. The van der Waals surface area contributed by atoms with Crippen molar-refractivity contribution in [3.63, 3.8) is 0 Å². The van der Waals surface area contributed by atoms with Gasteiger partial charge >= 0.3 is 6.09 Å². The van der Waals surface area contributed by atoms with Gasteiger partial charge in [-0.05, 0) is 66.2 Å². The Morgan fingerprint density at radius 1 is 1.31 bits per heavy atom.